The van der Waals surface area contributed by atoms with Gasteiger partial charge in [0, 0.05) is 5.02 Å². The smallest absolute Gasteiger partial charge is 0.255 e. The van der Waals surface area contributed by atoms with Crippen molar-refractivity contribution in [2.45, 2.75) is 0 Å². The number of nitrogens with one attached hydrogen (secondary N) is 1. The van der Waals surface area contributed by atoms with E-state index in [9.17, 15) is 12.8 Å². The Morgan fingerprint density at radius 3 is 2.43 bits per heavy atom. The molecule has 4 nitrogen and oxygen atoms in total. The van der Waals surface area contributed by atoms with Gasteiger partial charge in [0.15, 0.2) is 0 Å². The molecule has 0 radical (unpaired) electrons. The van der Waals surface area contributed by atoms with Crippen molar-refractivity contribution in [2.75, 3.05) is 10.5 Å². The lowest BCUT2D eigenvalue weighted by atomic mass is 10.2. The summed E-state index contributed by atoms with van der Waals surface area (Å²) < 4.78 is 39.0. The molecule has 0 spiro atoms. The Morgan fingerprint density at radius 2 is 1.81 bits per heavy atom. The highest BCUT2D eigenvalue weighted by Gasteiger charge is 2.07. The number of halogens is 2. The molecule has 0 saturated heterocycles. The summed E-state index contributed by atoms with van der Waals surface area (Å²) in [5.41, 5.74) is 6.12. The quantitative estimate of drug-likeness (QED) is 0.845. The van der Waals surface area contributed by atoms with Crippen LogP contribution in [0.2, 0.25) is 5.02 Å². The molecule has 2 aromatic rings. The lowest BCUT2D eigenvalue weighted by molar-refractivity contribution is 0.609. The van der Waals surface area contributed by atoms with E-state index in [0.29, 0.717) is 10.6 Å². The molecular formula is C14H12ClFN2O2S. The normalized spacial score (nSPS) is 11.7. The third-order valence-electron chi connectivity index (χ3n) is 2.57. The summed E-state index contributed by atoms with van der Waals surface area (Å²) >= 11 is 5.74. The van der Waals surface area contributed by atoms with Crippen LogP contribution in [0.15, 0.2) is 47.9 Å². The van der Waals surface area contributed by atoms with Gasteiger partial charge in [-0.2, -0.15) is 0 Å². The van der Waals surface area contributed by atoms with E-state index < -0.39 is 15.8 Å². The van der Waals surface area contributed by atoms with Gasteiger partial charge in [0.25, 0.3) is 10.0 Å². The van der Waals surface area contributed by atoms with Crippen molar-refractivity contribution >= 4 is 39.1 Å². The number of hydrogen-bond donors (Lipinski definition) is 2. The van der Waals surface area contributed by atoms with E-state index in [-0.39, 0.29) is 11.4 Å². The third-order valence-corrected chi connectivity index (χ3v) is 3.83. The Bertz CT molecular complexity index is 774. The van der Waals surface area contributed by atoms with Crippen molar-refractivity contribution in [3.8, 4) is 0 Å². The zero-order chi connectivity index (χ0) is 15.5. The van der Waals surface area contributed by atoms with E-state index in [1.807, 2.05) is 0 Å². The lowest BCUT2D eigenvalue weighted by Gasteiger charge is -2.05. The minimum Gasteiger partial charge on any atom is -0.396 e. The molecule has 0 saturated carbocycles. The predicted molar refractivity (Wildman–Crippen MR) is 83.8 cm³/mol. The summed E-state index contributed by atoms with van der Waals surface area (Å²) in [4.78, 5) is 0. The molecule has 0 heterocycles. The van der Waals surface area contributed by atoms with Crippen molar-refractivity contribution in [3.63, 3.8) is 0 Å². The molecule has 0 fully saturated rings. The van der Waals surface area contributed by atoms with Gasteiger partial charge in [-0.05, 0) is 42.0 Å². The molecule has 0 aromatic heterocycles. The van der Waals surface area contributed by atoms with Crippen LogP contribution in [0.5, 0.6) is 0 Å². The van der Waals surface area contributed by atoms with Crippen LogP contribution in [0.4, 0.5) is 15.8 Å². The predicted octanol–water partition coefficient (Wildman–Crippen LogP) is 3.47. The van der Waals surface area contributed by atoms with Crippen LogP contribution in [0.3, 0.4) is 0 Å². The molecule has 3 N–H and O–H groups in total. The fourth-order valence-corrected chi connectivity index (χ4v) is 2.53. The molecular weight excluding hydrogens is 315 g/mol. The fraction of sp³-hybridized carbons (Fsp3) is 0. The zero-order valence-corrected chi connectivity index (χ0v) is 12.3. The largest absolute Gasteiger partial charge is 0.396 e. The number of hydrogen-bond acceptors (Lipinski definition) is 3. The molecule has 2 rings (SSSR count). The molecule has 0 aliphatic carbocycles. The van der Waals surface area contributed by atoms with Gasteiger partial charge in [0.2, 0.25) is 0 Å². The first kappa shape index (κ1) is 15.3. The van der Waals surface area contributed by atoms with Crippen LogP contribution in [0.1, 0.15) is 5.56 Å². The van der Waals surface area contributed by atoms with Gasteiger partial charge in [0.05, 0.1) is 16.8 Å². The summed E-state index contributed by atoms with van der Waals surface area (Å²) in [7, 11) is -3.71. The van der Waals surface area contributed by atoms with Gasteiger partial charge in [-0.25, -0.2) is 12.8 Å². The van der Waals surface area contributed by atoms with Crippen LogP contribution < -0.4 is 10.5 Å². The number of rotatable bonds is 4. The summed E-state index contributed by atoms with van der Waals surface area (Å²) in [6, 6.07) is 10.3. The molecule has 0 amide bonds. The summed E-state index contributed by atoms with van der Waals surface area (Å²) in [5, 5.41) is 1.57. The molecule has 21 heavy (non-hydrogen) atoms. The van der Waals surface area contributed by atoms with Crippen molar-refractivity contribution in [1.82, 2.24) is 0 Å². The van der Waals surface area contributed by atoms with Gasteiger partial charge in [-0.1, -0.05) is 23.7 Å². The van der Waals surface area contributed by atoms with Gasteiger partial charge >= 0.3 is 0 Å². The first-order valence-electron chi connectivity index (χ1n) is 5.87. The van der Waals surface area contributed by atoms with Crippen LogP contribution in [0.25, 0.3) is 6.08 Å². The van der Waals surface area contributed by atoms with Gasteiger partial charge in [-0.3, -0.25) is 4.72 Å². The minimum absolute atomic E-state index is 0.128. The number of nitrogen functional groups attached to an aromatic ring is 1. The molecule has 0 aliphatic rings. The van der Waals surface area contributed by atoms with Gasteiger partial charge < -0.3 is 5.73 Å². The SMILES string of the molecule is Nc1cc(NS(=O)(=O)/C=C/c2ccc(Cl)cc2)ccc1F. The maximum atomic E-state index is 13.0. The highest BCUT2D eigenvalue weighted by molar-refractivity contribution is 7.95. The topological polar surface area (TPSA) is 72.2 Å². The summed E-state index contributed by atoms with van der Waals surface area (Å²) in [6.45, 7) is 0. The van der Waals surface area contributed by atoms with Crippen molar-refractivity contribution in [1.29, 1.82) is 0 Å². The Morgan fingerprint density at radius 1 is 1.14 bits per heavy atom. The van der Waals surface area contributed by atoms with Crippen LogP contribution in [-0.2, 0) is 10.0 Å². The molecule has 0 atom stereocenters. The molecule has 110 valence electrons. The molecule has 2 aromatic carbocycles. The van der Waals surface area contributed by atoms with Crippen molar-refractivity contribution in [3.05, 3.63) is 64.3 Å². The average molecular weight is 327 g/mol. The molecule has 0 bridgehead atoms. The van der Waals surface area contributed by atoms with Crippen LogP contribution in [-0.4, -0.2) is 8.42 Å². The summed E-state index contributed by atoms with van der Waals surface area (Å²) in [5.74, 6) is -0.602. The first-order chi connectivity index (χ1) is 9.85. The van der Waals surface area contributed by atoms with E-state index in [1.54, 1.807) is 24.3 Å². The monoisotopic (exact) mass is 326 g/mol. The molecule has 7 heteroatoms. The Kier molecular flexibility index (Phi) is 4.50. The van der Waals surface area contributed by atoms with E-state index in [1.165, 1.54) is 18.2 Å². The number of nitrogens with two attached hydrogens (primary N) is 1. The van der Waals surface area contributed by atoms with Gasteiger partial charge in [-0.15, -0.1) is 0 Å². The number of anilines is 2. The van der Waals surface area contributed by atoms with E-state index in [0.717, 1.165) is 11.5 Å². The van der Waals surface area contributed by atoms with Crippen LogP contribution in [0, 0.1) is 5.82 Å². The minimum atomic E-state index is -3.71. The van der Waals surface area contributed by atoms with Crippen molar-refractivity contribution < 1.29 is 12.8 Å². The standard InChI is InChI=1S/C14H12ClFN2O2S/c15-11-3-1-10(2-4-11)7-8-21(19,20)18-12-5-6-13(16)14(17)9-12/h1-9,18H,17H2/b8-7+. The molecule has 0 unspecified atom stereocenters. The Labute approximate surface area is 127 Å². The third kappa shape index (κ3) is 4.47. The second kappa shape index (κ2) is 6.15. The van der Waals surface area contributed by atoms with E-state index >= 15 is 0 Å². The maximum Gasteiger partial charge on any atom is 0.255 e. The van der Waals surface area contributed by atoms with Gasteiger partial charge in [0.1, 0.15) is 5.82 Å². The first-order valence-corrected chi connectivity index (χ1v) is 7.80. The fourth-order valence-electron chi connectivity index (χ4n) is 1.55. The second-order valence-corrected chi connectivity index (χ2v) is 6.24. The Hall–Kier alpha value is -2.05. The maximum absolute atomic E-state index is 13.0. The van der Waals surface area contributed by atoms with Crippen molar-refractivity contribution in [2.24, 2.45) is 0 Å². The number of sulfonamides is 1. The second-order valence-electron chi connectivity index (χ2n) is 4.24. The number of benzene rings is 2. The highest BCUT2D eigenvalue weighted by atomic mass is 35.5. The zero-order valence-electron chi connectivity index (χ0n) is 10.8. The molecule has 0 aliphatic heterocycles. The van der Waals surface area contributed by atoms with Crippen LogP contribution >= 0.6 is 11.6 Å². The van der Waals surface area contributed by atoms with E-state index in [2.05, 4.69) is 4.72 Å². The lowest BCUT2D eigenvalue weighted by Crippen LogP contribution is -2.09. The Balaban J connectivity index is 2.14. The summed E-state index contributed by atoms with van der Waals surface area (Å²) in [6.07, 6.45) is 1.42. The highest BCUT2D eigenvalue weighted by Crippen LogP contribution is 2.18. The van der Waals surface area contributed by atoms with E-state index in [4.69, 9.17) is 17.3 Å². The average Bonchev–Trinajstić information content (AvgIpc) is 2.42.